The average Bonchev–Trinajstić information content (AvgIpc) is 2.41. The molecule has 1 unspecified atom stereocenters. The largest absolute Gasteiger partial charge is 0.371 e. The Morgan fingerprint density at radius 2 is 2.00 bits per heavy atom. The van der Waals surface area contributed by atoms with Crippen molar-refractivity contribution in [3.05, 3.63) is 30.1 Å². The minimum Gasteiger partial charge on any atom is -0.371 e. The first-order valence-electron chi connectivity index (χ1n) is 6.97. The van der Waals surface area contributed by atoms with Crippen LogP contribution in [-0.2, 0) is 4.79 Å². The fourth-order valence-corrected chi connectivity index (χ4v) is 2.77. The maximum atomic E-state index is 13.6. The molecule has 4 heteroatoms. The van der Waals surface area contributed by atoms with Gasteiger partial charge in [0.05, 0.1) is 5.69 Å². The third kappa shape index (κ3) is 3.94. The lowest BCUT2D eigenvalue weighted by atomic mass is 9.84. The van der Waals surface area contributed by atoms with Crippen LogP contribution in [0.2, 0.25) is 0 Å². The van der Waals surface area contributed by atoms with Gasteiger partial charge in [0, 0.05) is 0 Å². The summed E-state index contributed by atoms with van der Waals surface area (Å²) in [6.07, 6.45) is 6.69. The summed E-state index contributed by atoms with van der Waals surface area (Å²) in [4.78, 5) is 11.5. The van der Waals surface area contributed by atoms with Crippen LogP contribution in [0.3, 0.4) is 0 Å². The van der Waals surface area contributed by atoms with Gasteiger partial charge in [-0.1, -0.05) is 44.2 Å². The molecule has 1 atom stereocenters. The summed E-state index contributed by atoms with van der Waals surface area (Å²) in [5.41, 5.74) is 5.78. The molecule has 0 spiro atoms. The molecule has 1 aliphatic carbocycles. The Bertz CT molecular complexity index is 430. The van der Waals surface area contributed by atoms with Gasteiger partial charge >= 0.3 is 0 Å². The van der Waals surface area contributed by atoms with E-state index in [1.165, 1.54) is 25.3 Å². The lowest BCUT2D eigenvalue weighted by molar-refractivity contribution is -0.119. The molecule has 3 nitrogen and oxygen atoms in total. The number of primary amides is 1. The Hall–Kier alpha value is -1.58. The van der Waals surface area contributed by atoms with Gasteiger partial charge in [-0.25, -0.2) is 4.39 Å². The fourth-order valence-electron chi connectivity index (χ4n) is 2.77. The standard InChI is InChI=1S/C15H21FN2O/c16-12-8-4-5-9-13(12)18-14(15(17)19)10-11-6-2-1-3-7-11/h4-5,8-9,11,14,18H,1-3,6-7,10H2,(H2,17,19). The maximum Gasteiger partial charge on any atom is 0.239 e. The summed E-state index contributed by atoms with van der Waals surface area (Å²) in [6, 6.07) is 5.89. The van der Waals surface area contributed by atoms with Crippen LogP contribution in [0.15, 0.2) is 24.3 Å². The molecule has 19 heavy (non-hydrogen) atoms. The maximum absolute atomic E-state index is 13.6. The third-order valence-electron chi connectivity index (χ3n) is 3.84. The highest BCUT2D eigenvalue weighted by atomic mass is 19.1. The first-order chi connectivity index (χ1) is 9.16. The number of rotatable bonds is 5. The van der Waals surface area contributed by atoms with Gasteiger partial charge in [-0.2, -0.15) is 0 Å². The molecule has 1 aromatic carbocycles. The normalized spacial score (nSPS) is 17.9. The molecule has 1 saturated carbocycles. The Morgan fingerprint density at radius 3 is 2.63 bits per heavy atom. The minimum atomic E-state index is -0.486. The number of nitrogens with one attached hydrogen (secondary N) is 1. The molecule has 3 N–H and O–H groups in total. The van der Waals surface area contributed by atoms with Crippen LogP contribution in [0, 0.1) is 11.7 Å². The molecular weight excluding hydrogens is 243 g/mol. The predicted molar refractivity (Wildman–Crippen MR) is 74.2 cm³/mol. The van der Waals surface area contributed by atoms with E-state index in [9.17, 15) is 9.18 Å². The van der Waals surface area contributed by atoms with Crippen molar-refractivity contribution in [1.82, 2.24) is 0 Å². The van der Waals surface area contributed by atoms with E-state index in [0.29, 0.717) is 18.0 Å². The smallest absolute Gasteiger partial charge is 0.239 e. The molecule has 0 saturated heterocycles. The van der Waals surface area contributed by atoms with Crippen molar-refractivity contribution in [2.75, 3.05) is 5.32 Å². The number of para-hydroxylation sites is 1. The van der Waals surface area contributed by atoms with Crippen molar-refractivity contribution in [1.29, 1.82) is 0 Å². The SMILES string of the molecule is NC(=O)C(CC1CCCCC1)Nc1ccccc1F. The van der Waals surface area contributed by atoms with Crippen LogP contribution in [0.5, 0.6) is 0 Å². The number of anilines is 1. The van der Waals surface area contributed by atoms with Crippen LogP contribution in [-0.4, -0.2) is 11.9 Å². The van der Waals surface area contributed by atoms with E-state index in [0.717, 1.165) is 12.8 Å². The highest BCUT2D eigenvalue weighted by molar-refractivity contribution is 5.83. The Kier molecular flexibility index (Phi) is 4.77. The molecule has 1 amide bonds. The number of carbonyl (C=O) groups is 1. The zero-order chi connectivity index (χ0) is 13.7. The number of hydrogen-bond acceptors (Lipinski definition) is 2. The number of benzene rings is 1. The van der Waals surface area contributed by atoms with Gasteiger partial charge in [0.2, 0.25) is 5.91 Å². The number of halogens is 1. The minimum absolute atomic E-state index is 0.349. The quantitative estimate of drug-likeness (QED) is 0.858. The van der Waals surface area contributed by atoms with Crippen LogP contribution in [0.25, 0.3) is 0 Å². The lowest BCUT2D eigenvalue weighted by Crippen LogP contribution is -2.37. The van der Waals surface area contributed by atoms with Crippen molar-refractivity contribution < 1.29 is 9.18 Å². The van der Waals surface area contributed by atoms with Crippen LogP contribution in [0.4, 0.5) is 10.1 Å². The van der Waals surface area contributed by atoms with Crippen molar-refractivity contribution in [3.63, 3.8) is 0 Å². The molecule has 0 aliphatic heterocycles. The zero-order valence-corrected chi connectivity index (χ0v) is 11.1. The molecule has 1 aromatic rings. The highest BCUT2D eigenvalue weighted by Crippen LogP contribution is 2.28. The second-order valence-electron chi connectivity index (χ2n) is 5.32. The number of hydrogen-bond donors (Lipinski definition) is 2. The van der Waals surface area contributed by atoms with E-state index in [2.05, 4.69) is 5.32 Å². The Morgan fingerprint density at radius 1 is 1.32 bits per heavy atom. The zero-order valence-electron chi connectivity index (χ0n) is 11.1. The van der Waals surface area contributed by atoms with E-state index >= 15 is 0 Å². The number of carbonyl (C=O) groups excluding carboxylic acids is 1. The van der Waals surface area contributed by atoms with Gasteiger partial charge in [-0.3, -0.25) is 4.79 Å². The van der Waals surface area contributed by atoms with Crippen LogP contribution in [0.1, 0.15) is 38.5 Å². The van der Waals surface area contributed by atoms with Crippen molar-refractivity contribution in [2.45, 2.75) is 44.6 Å². The van der Waals surface area contributed by atoms with E-state index in [4.69, 9.17) is 5.73 Å². The molecule has 0 bridgehead atoms. The van der Waals surface area contributed by atoms with Crippen LogP contribution < -0.4 is 11.1 Å². The molecule has 0 aromatic heterocycles. The number of nitrogens with two attached hydrogens (primary N) is 1. The van der Waals surface area contributed by atoms with E-state index in [1.807, 2.05) is 0 Å². The summed E-state index contributed by atoms with van der Waals surface area (Å²) >= 11 is 0. The monoisotopic (exact) mass is 264 g/mol. The number of amides is 1. The fraction of sp³-hybridized carbons (Fsp3) is 0.533. The molecule has 2 rings (SSSR count). The van der Waals surface area contributed by atoms with Gasteiger partial charge in [0.15, 0.2) is 0 Å². The first-order valence-corrected chi connectivity index (χ1v) is 6.97. The van der Waals surface area contributed by atoms with Crippen molar-refractivity contribution in [3.8, 4) is 0 Å². The van der Waals surface area contributed by atoms with Gasteiger partial charge < -0.3 is 11.1 Å². The Labute approximate surface area is 113 Å². The second kappa shape index (κ2) is 6.55. The molecular formula is C15H21FN2O. The van der Waals surface area contributed by atoms with Crippen molar-refractivity contribution >= 4 is 11.6 Å². The lowest BCUT2D eigenvalue weighted by Gasteiger charge is -2.26. The molecule has 1 fully saturated rings. The van der Waals surface area contributed by atoms with Gasteiger partial charge in [-0.15, -0.1) is 0 Å². The van der Waals surface area contributed by atoms with E-state index in [1.54, 1.807) is 18.2 Å². The van der Waals surface area contributed by atoms with Gasteiger partial charge in [0.25, 0.3) is 0 Å². The van der Waals surface area contributed by atoms with Gasteiger partial charge in [0.1, 0.15) is 11.9 Å². The summed E-state index contributed by atoms with van der Waals surface area (Å²) in [7, 11) is 0. The molecule has 0 heterocycles. The highest BCUT2D eigenvalue weighted by Gasteiger charge is 2.23. The molecule has 104 valence electrons. The Balaban J connectivity index is 2.00. The molecule has 0 radical (unpaired) electrons. The average molecular weight is 264 g/mol. The topological polar surface area (TPSA) is 55.1 Å². The van der Waals surface area contributed by atoms with Crippen molar-refractivity contribution in [2.24, 2.45) is 11.7 Å². The second-order valence-corrected chi connectivity index (χ2v) is 5.32. The van der Waals surface area contributed by atoms with E-state index in [-0.39, 0.29) is 5.82 Å². The van der Waals surface area contributed by atoms with Gasteiger partial charge in [-0.05, 0) is 24.5 Å². The summed E-state index contributed by atoms with van der Waals surface area (Å²) in [5.74, 6) is -0.239. The summed E-state index contributed by atoms with van der Waals surface area (Å²) < 4.78 is 13.6. The summed E-state index contributed by atoms with van der Waals surface area (Å²) in [5, 5.41) is 2.94. The predicted octanol–water partition coefficient (Wildman–Crippen LogP) is 3.06. The van der Waals surface area contributed by atoms with Crippen LogP contribution >= 0.6 is 0 Å². The van der Waals surface area contributed by atoms with E-state index < -0.39 is 11.9 Å². The summed E-state index contributed by atoms with van der Waals surface area (Å²) in [6.45, 7) is 0. The molecule has 1 aliphatic rings. The third-order valence-corrected chi connectivity index (χ3v) is 3.84. The first kappa shape index (κ1) is 13.8.